The van der Waals surface area contributed by atoms with Crippen LogP contribution >= 0.6 is 0 Å². The Hall–Kier alpha value is -2.08. The number of carboxylic acid groups (broad SMARTS) is 1. The highest BCUT2D eigenvalue weighted by Gasteiger charge is 2.30. The van der Waals surface area contributed by atoms with E-state index in [1.54, 1.807) is 24.3 Å². The molecule has 0 aromatic heterocycles. The molecule has 1 aromatic carbocycles. The van der Waals surface area contributed by atoms with E-state index in [9.17, 15) is 14.7 Å². The van der Waals surface area contributed by atoms with Gasteiger partial charge in [-0.1, -0.05) is 13.3 Å². The summed E-state index contributed by atoms with van der Waals surface area (Å²) < 4.78 is 10.8. The maximum atomic E-state index is 12.3. The molecule has 6 heteroatoms. The monoisotopic (exact) mass is 349 g/mol. The van der Waals surface area contributed by atoms with E-state index < -0.39 is 11.9 Å². The van der Waals surface area contributed by atoms with Crippen LogP contribution in [0.3, 0.4) is 0 Å². The molecule has 1 amide bonds. The second-order valence-corrected chi connectivity index (χ2v) is 6.33. The molecule has 1 heterocycles. The van der Waals surface area contributed by atoms with Gasteiger partial charge in [0.1, 0.15) is 5.75 Å². The van der Waals surface area contributed by atoms with Crippen LogP contribution in [0, 0.1) is 11.8 Å². The molecule has 1 aromatic rings. The fourth-order valence-corrected chi connectivity index (χ4v) is 2.92. The molecule has 1 aliphatic heterocycles. The molecule has 0 saturated carbocycles. The van der Waals surface area contributed by atoms with Gasteiger partial charge >= 0.3 is 5.97 Å². The van der Waals surface area contributed by atoms with Crippen molar-refractivity contribution in [3.05, 3.63) is 29.8 Å². The Balaban J connectivity index is 1.86. The Bertz CT molecular complexity index is 551. The highest BCUT2D eigenvalue weighted by Crippen LogP contribution is 2.24. The van der Waals surface area contributed by atoms with Gasteiger partial charge in [-0.2, -0.15) is 0 Å². The molecule has 0 bridgehead atoms. The van der Waals surface area contributed by atoms with Gasteiger partial charge in [-0.3, -0.25) is 9.59 Å². The maximum absolute atomic E-state index is 12.3. The van der Waals surface area contributed by atoms with Crippen LogP contribution in [-0.2, 0) is 9.53 Å². The lowest BCUT2D eigenvalue weighted by molar-refractivity contribution is -0.144. The molecule has 1 unspecified atom stereocenters. The number of unbranched alkanes of at least 4 members (excludes halogenated alkanes) is 1. The summed E-state index contributed by atoms with van der Waals surface area (Å²) in [4.78, 5) is 23.8. The van der Waals surface area contributed by atoms with Crippen LogP contribution in [-0.4, -0.2) is 43.3 Å². The highest BCUT2D eigenvalue weighted by atomic mass is 16.5. The number of hydrogen-bond donors (Lipinski definition) is 2. The average molecular weight is 349 g/mol. The molecule has 1 atom stereocenters. The van der Waals surface area contributed by atoms with Gasteiger partial charge in [0.2, 0.25) is 0 Å². The van der Waals surface area contributed by atoms with Gasteiger partial charge in [0.05, 0.1) is 12.5 Å². The Kier molecular flexibility index (Phi) is 7.73. The van der Waals surface area contributed by atoms with E-state index in [0.717, 1.165) is 31.4 Å². The van der Waals surface area contributed by atoms with Crippen LogP contribution in [0.2, 0.25) is 0 Å². The molecule has 6 nitrogen and oxygen atoms in total. The Labute approximate surface area is 148 Å². The zero-order valence-electron chi connectivity index (χ0n) is 14.7. The average Bonchev–Trinajstić information content (AvgIpc) is 2.63. The summed E-state index contributed by atoms with van der Waals surface area (Å²) in [5.41, 5.74) is 0.499. The summed E-state index contributed by atoms with van der Waals surface area (Å²) in [6.45, 7) is 4.06. The molecular weight excluding hydrogens is 322 g/mol. The number of nitrogens with one attached hydrogen (secondary N) is 1. The Morgan fingerprint density at radius 2 is 1.96 bits per heavy atom. The summed E-state index contributed by atoms with van der Waals surface area (Å²) in [7, 11) is 0. The summed E-state index contributed by atoms with van der Waals surface area (Å²) in [5, 5.41) is 12.2. The summed E-state index contributed by atoms with van der Waals surface area (Å²) in [6, 6.07) is 6.91. The lowest BCUT2D eigenvalue weighted by Gasteiger charge is -2.27. The van der Waals surface area contributed by atoms with Crippen molar-refractivity contribution in [2.24, 2.45) is 11.8 Å². The summed E-state index contributed by atoms with van der Waals surface area (Å²) in [6.07, 6.45) is 3.50. The summed E-state index contributed by atoms with van der Waals surface area (Å²) >= 11 is 0. The van der Waals surface area contributed by atoms with Crippen molar-refractivity contribution in [2.75, 3.05) is 26.4 Å². The minimum absolute atomic E-state index is 0.0425. The Morgan fingerprint density at radius 3 is 2.56 bits per heavy atom. The predicted molar refractivity (Wildman–Crippen MR) is 93.8 cm³/mol. The number of ether oxygens (including phenoxy) is 2. The van der Waals surface area contributed by atoms with Gasteiger partial charge in [0.25, 0.3) is 5.91 Å². The van der Waals surface area contributed by atoms with Crippen molar-refractivity contribution in [3.8, 4) is 5.75 Å². The normalized spacial score (nSPS) is 16.2. The first-order chi connectivity index (χ1) is 12.1. The van der Waals surface area contributed by atoms with Gasteiger partial charge in [0.15, 0.2) is 0 Å². The van der Waals surface area contributed by atoms with Crippen molar-refractivity contribution < 1.29 is 24.2 Å². The van der Waals surface area contributed by atoms with E-state index in [4.69, 9.17) is 9.47 Å². The number of hydrogen-bond acceptors (Lipinski definition) is 4. The van der Waals surface area contributed by atoms with E-state index in [2.05, 4.69) is 12.2 Å². The fraction of sp³-hybridized carbons (Fsp3) is 0.579. The summed E-state index contributed by atoms with van der Waals surface area (Å²) in [5.74, 6) is -0.939. The van der Waals surface area contributed by atoms with Gasteiger partial charge in [-0.15, -0.1) is 0 Å². The third-order valence-corrected chi connectivity index (χ3v) is 4.52. The molecule has 1 saturated heterocycles. The smallest absolute Gasteiger partial charge is 0.308 e. The fourth-order valence-electron chi connectivity index (χ4n) is 2.92. The van der Waals surface area contributed by atoms with Crippen molar-refractivity contribution in [1.29, 1.82) is 0 Å². The van der Waals surface area contributed by atoms with Crippen molar-refractivity contribution in [2.45, 2.75) is 32.6 Å². The van der Waals surface area contributed by atoms with E-state index in [1.807, 2.05) is 0 Å². The molecule has 2 rings (SSSR count). The zero-order chi connectivity index (χ0) is 18.1. The molecule has 0 radical (unpaired) electrons. The molecule has 0 aliphatic carbocycles. The number of rotatable bonds is 9. The first-order valence-corrected chi connectivity index (χ1v) is 8.93. The standard InChI is InChI=1S/C19H27NO5/c1-2-3-10-25-16-6-4-15(5-7-16)18(21)20-13-17(19(22)23)14-8-11-24-12-9-14/h4-7,14,17H,2-3,8-13H2,1H3,(H,20,21)(H,22,23). The SMILES string of the molecule is CCCCOc1ccc(C(=O)NCC(C(=O)O)C2CCOCC2)cc1. The van der Waals surface area contributed by atoms with Crippen LogP contribution in [0.15, 0.2) is 24.3 Å². The molecule has 2 N–H and O–H groups in total. The highest BCUT2D eigenvalue weighted by molar-refractivity contribution is 5.94. The number of carboxylic acids is 1. The van der Waals surface area contributed by atoms with Gasteiger partial charge in [-0.05, 0) is 49.4 Å². The molecule has 1 aliphatic rings. The van der Waals surface area contributed by atoms with Gasteiger partial charge < -0.3 is 19.9 Å². The molecule has 138 valence electrons. The maximum Gasteiger partial charge on any atom is 0.308 e. The first kappa shape index (κ1) is 19.2. The quantitative estimate of drug-likeness (QED) is 0.670. The topological polar surface area (TPSA) is 84.9 Å². The Morgan fingerprint density at radius 1 is 1.28 bits per heavy atom. The van der Waals surface area contributed by atoms with E-state index in [1.165, 1.54) is 0 Å². The zero-order valence-corrected chi connectivity index (χ0v) is 14.7. The van der Waals surface area contributed by atoms with Crippen molar-refractivity contribution in [3.63, 3.8) is 0 Å². The number of amides is 1. The van der Waals surface area contributed by atoms with Crippen LogP contribution in [0.25, 0.3) is 0 Å². The molecule has 25 heavy (non-hydrogen) atoms. The van der Waals surface area contributed by atoms with E-state index >= 15 is 0 Å². The second-order valence-electron chi connectivity index (χ2n) is 6.33. The van der Waals surface area contributed by atoms with Crippen LogP contribution in [0.4, 0.5) is 0 Å². The lowest BCUT2D eigenvalue weighted by atomic mass is 9.86. The van der Waals surface area contributed by atoms with E-state index in [0.29, 0.717) is 25.4 Å². The largest absolute Gasteiger partial charge is 0.494 e. The predicted octanol–water partition coefficient (Wildman–Crippen LogP) is 2.72. The van der Waals surface area contributed by atoms with Crippen molar-refractivity contribution in [1.82, 2.24) is 5.32 Å². The van der Waals surface area contributed by atoms with Crippen LogP contribution in [0.1, 0.15) is 43.0 Å². The molecule has 0 spiro atoms. The minimum atomic E-state index is -0.869. The first-order valence-electron chi connectivity index (χ1n) is 8.93. The van der Waals surface area contributed by atoms with Gasteiger partial charge in [-0.25, -0.2) is 0 Å². The van der Waals surface area contributed by atoms with Crippen LogP contribution < -0.4 is 10.1 Å². The number of aliphatic carboxylic acids is 1. The van der Waals surface area contributed by atoms with Crippen molar-refractivity contribution >= 4 is 11.9 Å². The van der Waals surface area contributed by atoms with Crippen LogP contribution in [0.5, 0.6) is 5.75 Å². The molecular formula is C19H27NO5. The third-order valence-electron chi connectivity index (χ3n) is 4.52. The lowest BCUT2D eigenvalue weighted by Crippen LogP contribution is -2.38. The second kappa shape index (κ2) is 10.0. The third kappa shape index (κ3) is 6.05. The number of benzene rings is 1. The molecule has 1 fully saturated rings. The minimum Gasteiger partial charge on any atom is -0.494 e. The number of carbonyl (C=O) groups excluding carboxylic acids is 1. The van der Waals surface area contributed by atoms with Gasteiger partial charge in [0, 0.05) is 25.3 Å². The van der Waals surface area contributed by atoms with E-state index in [-0.39, 0.29) is 18.4 Å². The number of carbonyl (C=O) groups is 2.